The Labute approximate surface area is 134 Å². The second-order valence-corrected chi connectivity index (χ2v) is 7.11. The van der Waals surface area contributed by atoms with E-state index in [2.05, 4.69) is 6.92 Å². The van der Waals surface area contributed by atoms with E-state index >= 15 is 0 Å². The van der Waals surface area contributed by atoms with Crippen molar-refractivity contribution in [1.29, 1.82) is 0 Å². The third-order valence-corrected chi connectivity index (χ3v) is 4.64. The molecule has 0 heterocycles. The second-order valence-electron chi connectivity index (χ2n) is 5.80. The summed E-state index contributed by atoms with van der Waals surface area (Å²) in [7, 11) is 0. The van der Waals surface area contributed by atoms with Crippen LogP contribution in [0.4, 0.5) is 4.39 Å². The minimum Gasteiger partial charge on any atom is -0.462 e. The molecule has 21 heavy (non-hydrogen) atoms. The number of hydrogen-bond acceptors (Lipinski definition) is 3. The lowest BCUT2D eigenvalue weighted by molar-refractivity contribution is -0.146. The van der Waals surface area contributed by atoms with E-state index < -0.39 is 0 Å². The van der Waals surface area contributed by atoms with E-state index in [-0.39, 0.29) is 24.0 Å². The molecule has 0 N–H and O–H groups in total. The minimum absolute atomic E-state index is 0.00945. The summed E-state index contributed by atoms with van der Waals surface area (Å²) >= 11 is 1.74. The van der Waals surface area contributed by atoms with Gasteiger partial charge in [0.1, 0.15) is 5.25 Å². The van der Waals surface area contributed by atoms with E-state index in [4.69, 9.17) is 4.74 Å². The molecule has 126 valence electrons. The van der Waals surface area contributed by atoms with Gasteiger partial charge in [0.05, 0.1) is 12.8 Å². The van der Waals surface area contributed by atoms with Crippen molar-refractivity contribution in [3.05, 3.63) is 0 Å². The maximum Gasteiger partial charge on any atom is 0.319 e. The number of unbranched alkanes of at least 4 members (excludes halogenated alkanes) is 6. The highest BCUT2D eigenvalue weighted by atomic mass is 32.2. The lowest BCUT2D eigenvalue weighted by atomic mass is 10.1. The van der Waals surface area contributed by atoms with Gasteiger partial charge in [-0.2, -0.15) is 0 Å². The number of alkyl halides is 1. The molecule has 0 aliphatic rings. The fraction of sp³-hybridized carbons (Fsp3) is 0.941. The van der Waals surface area contributed by atoms with Gasteiger partial charge in [0.2, 0.25) is 0 Å². The highest BCUT2D eigenvalue weighted by molar-refractivity contribution is 8.00. The number of rotatable bonds is 14. The van der Waals surface area contributed by atoms with Crippen LogP contribution in [0.25, 0.3) is 0 Å². The predicted molar refractivity (Wildman–Crippen MR) is 90.7 cm³/mol. The zero-order chi connectivity index (χ0) is 15.9. The van der Waals surface area contributed by atoms with Crippen LogP contribution in [0.15, 0.2) is 0 Å². The van der Waals surface area contributed by atoms with E-state index in [1.807, 2.05) is 13.8 Å². The summed E-state index contributed by atoms with van der Waals surface area (Å²) in [5.41, 5.74) is 0. The van der Waals surface area contributed by atoms with Gasteiger partial charge in [-0.25, -0.2) is 0 Å². The number of halogens is 1. The fourth-order valence-corrected chi connectivity index (χ4v) is 3.29. The van der Waals surface area contributed by atoms with E-state index in [9.17, 15) is 9.18 Å². The molecular weight excluding hydrogens is 287 g/mol. The lowest BCUT2D eigenvalue weighted by Crippen LogP contribution is -2.24. The quantitative estimate of drug-likeness (QED) is 0.310. The van der Waals surface area contributed by atoms with Gasteiger partial charge in [-0.05, 0) is 38.9 Å². The third-order valence-electron chi connectivity index (χ3n) is 3.28. The van der Waals surface area contributed by atoms with Crippen LogP contribution in [0.5, 0.6) is 0 Å². The van der Waals surface area contributed by atoms with Crippen LogP contribution < -0.4 is 0 Å². The highest BCUT2D eigenvalue weighted by Gasteiger charge is 2.20. The van der Waals surface area contributed by atoms with Crippen molar-refractivity contribution in [1.82, 2.24) is 0 Å². The number of carbonyl (C=O) groups is 1. The Bertz CT molecular complexity index is 247. The van der Waals surface area contributed by atoms with Crippen molar-refractivity contribution in [2.75, 3.05) is 12.4 Å². The SMILES string of the molecule is CCCCCC(SCCCCCCCF)C(=O)OC(C)C. The van der Waals surface area contributed by atoms with Gasteiger partial charge in [-0.15, -0.1) is 11.8 Å². The number of esters is 1. The molecule has 0 saturated carbocycles. The van der Waals surface area contributed by atoms with Gasteiger partial charge in [0, 0.05) is 0 Å². The van der Waals surface area contributed by atoms with Crippen molar-refractivity contribution < 1.29 is 13.9 Å². The molecule has 0 saturated heterocycles. The van der Waals surface area contributed by atoms with Crippen LogP contribution in [0.3, 0.4) is 0 Å². The van der Waals surface area contributed by atoms with E-state index in [1.165, 1.54) is 12.8 Å². The molecule has 0 fully saturated rings. The van der Waals surface area contributed by atoms with Crippen LogP contribution in [-0.2, 0) is 9.53 Å². The molecule has 1 unspecified atom stereocenters. The first-order valence-corrected chi connectivity index (χ1v) is 9.54. The van der Waals surface area contributed by atoms with Gasteiger partial charge < -0.3 is 4.74 Å². The van der Waals surface area contributed by atoms with Crippen LogP contribution in [0, 0.1) is 0 Å². The number of thioether (sulfide) groups is 1. The summed E-state index contributed by atoms with van der Waals surface area (Å²) in [6, 6.07) is 0. The Hall–Kier alpha value is -0.250. The summed E-state index contributed by atoms with van der Waals surface area (Å²) < 4.78 is 17.3. The average Bonchev–Trinajstić information content (AvgIpc) is 2.43. The smallest absolute Gasteiger partial charge is 0.319 e. The highest BCUT2D eigenvalue weighted by Crippen LogP contribution is 2.22. The number of carbonyl (C=O) groups excluding carboxylic acids is 1. The molecule has 0 spiro atoms. The third kappa shape index (κ3) is 13.2. The molecule has 2 nitrogen and oxygen atoms in total. The van der Waals surface area contributed by atoms with Crippen molar-refractivity contribution in [2.24, 2.45) is 0 Å². The van der Waals surface area contributed by atoms with Crippen molar-refractivity contribution in [3.8, 4) is 0 Å². The monoisotopic (exact) mass is 320 g/mol. The molecule has 0 amide bonds. The van der Waals surface area contributed by atoms with E-state index in [0.29, 0.717) is 6.42 Å². The molecule has 4 heteroatoms. The average molecular weight is 321 g/mol. The predicted octanol–water partition coefficient (Wildman–Crippen LogP) is 5.54. The van der Waals surface area contributed by atoms with Crippen LogP contribution in [0.1, 0.15) is 78.6 Å². The van der Waals surface area contributed by atoms with Gasteiger partial charge in [0.15, 0.2) is 0 Å². The standard InChI is InChI=1S/C17H33FO2S/c1-4-5-9-12-16(17(19)20-15(2)3)21-14-11-8-6-7-10-13-18/h15-16H,4-14H2,1-3H3. The fourth-order valence-electron chi connectivity index (χ4n) is 2.11. The normalized spacial score (nSPS) is 12.6. The summed E-state index contributed by atoms with van der Waals surface area (Å²) in [5, 5.41) is -0.00945. The Morgan fingerprint density at radius 1 is 1.05 bits per heavy atom. The molecule has 0 aromatic heterocycles. The molecular formula is C17H33FO2S. The van der Waals surface area contributed by atoms with E-state index in [1.54, 1.807) is 11.8 Å². The van der Waals surface area contributed by atoms with Crippen LogP contribution in [0.2, 0.25) is 0 Å². The molecule has 0 aliphatic heterocycles. The first kappa shape index (κ1) is 20.8. The first-order valence-electron chi connectivity index (χ1n) is 8.49. The molecule has 0 aliphatic carbocycles. The number of ether oxygens (including phenoxy) is 1. The van der Waals surface area contributed by atoms with Gasteiger partial charge >= 0.3 is 5.97 Å². The maximum atomic E-state index is 12.1. The Morgan fingerprint density at radius 3 is 2.33 bits per heavy atom. The number of hydrogen-bond donors (Lipinski definition) is 0. The van der Waals surface area contributed by atoms with Gasteiger partial charge in [0.25, 0.3) is 0 Å². The van der Waals surface area contributed by atoms with Crippen molar-refractivity contribution in [2.45, 2.75) is 89.9 Å². The largest absolute Gasteiger partial charge is 0.462 e. The molecule has 0 aromatic carbocycles. The maximum absolute atomic E-state index is 12.1. The molecule has 0 bridgehead atoms. The zero-order valence-electron chi connectivity index (χ0n) is 14.0. The van der Waals surface area contributed by atoms with Crippen LogP contribution in [-0.4, -0.2) is 29.8 Å². The molecule has 1 atom stereocenters. The summed E-state index contributed by atoms with van der Waals surface area (Å²) in [6.07, 6.45) is 9.34. The van der Waals surface area contributed by atoms with Gasteiger partial charge in [-0.3, -0.25) is 9.18 Å². The van der Waals surface area contributed by atoms with Crippen LogP contribution >= 0.6 is 11.8 Å². The van der Waals surface area contributed by atoms with Crippen molar-refractivity contribution >= 4 is 17.7 Å². The second kappa shape index (κ2) is 14.7. The summed E-state index contributed by atoms with van der Waals surface area (Å²) in [6.45, 7) is 5.77. The molecule has 0 aromatic rings. The summed E-state index contributed by atoms with van der Waals surface area (Å²) in [4.78, 5) is 12.1. The summed E-state index contributed by atoms with van der Waals surface area (Å²) in [5.74, 6) is 0.947. The minimum atomic E-state index is -0.199. The molecule has 0 rings (SSSR count). The van der Waals surface area contributed by atoms with Crippen molar-refractivity contribution in [3.63, 3.8) is 0 Å². The lowest BCUT2D eigenvalue weighted by Gasteiger charge is -2.17. The first-order chi connectivity index (χ1) is 10.1. The van der Waals surface area contributed by atoms with Gasteiger partial charge in [-0.1, -0.05) is 45.4 Å². The Balaban J connectivity index is 3.89. The Morgan fingerprint density at radius 2 is 1.71 bits per heavy atom. The Kier molecular flexibility index (Phi) is 14.5. The molecule has 0 radical (unpaired) electrons. The topological polar surface area (TPSA) is 26.3 Å². The zero-order valence-corrected chi connectivity index (χ0v) is 14.9. The van der Waals surface area contributed by atoms with E-state index in [0.717, 1.165) is 44.3 Å².